The molecule has 15 heavy (non-hydrogen) atoms. The summed E-state index contributed by atoms with van der Waals surface area (Å²) in [6, 6.07) is 0. The van der Waals surface area contributed by atoms with Crippen LogP contribution in [0.1, 0.15) is 33.1 Å². The van der Waals surface area contributed by atoms with Crippen molar-refractivity contribution < 1.29 is 14.3 Å². The van der Waals surface area contributed by atoms with Gasteiger partial charge in [0.25, 0.3) is 0 Å². The van der Waals surface area contributed by atoms with Crippen LogP contribution in [-0.2, 0) is 14.3 Å². The van der Waals surface area contributed by atoms with Crippen LogP contribution in [0.15, 0.2) is 11.8 Å². The second kappa shape index (κ2) is 5.53. The van der Waals surface area contributed by atoms with E-state index in [0.29, 0.717) is 13.2 Å². The number of allylic oxidation sites excluding steroid dienone is 1. The fraction of sp³-hybridized carbons (Fsp3) is 0.636. The van der Waals surface area contributed by atoms with Gasteiger partial charge in [-0.3, -0.25) is 9.59 Å². The maximum absolute atomic E-state index is 11.3. The molecule has 0 aromatic heterocycles. The molecule has 0 aliphatic carbocycles. The molecule has 4 heteroatoms. The summed E-state index contributed by atoms with van der Waals surface area (Å²) < 4.78 is 4.85. The third-order valence-electron chi connectivity index (χ3n) is 2.32. The first kappa shape index (κ1) is 11.8. The van der Waals surface area contributed by atoms with Crippen molar-refractivity contribution in [3.63, 3.8) is 0 Å². The molecule has 1 aliphatic heterocycles. The Balaban J connectivity index is 2.61. The van der Waals surface area contributed by atoms with Crippen LogP contribution in [-0.4, -0.2) is 29.9 Å². The number of carbonyl (C=O) groups is 2. The van der Waals surface area contributed by atoms with Gasteiger partial charge < -0.3 is 9.64 Å². The Morgan fingerprint density at radius 3 is 2.87 bits per heavy atom. The average Bonchev–Trinajstić information content (AvgIpc) is 2.18. The molecule has 1 rings (SSSR count). The Kier molecular flexibility index (Phi) is 4.34. The summed E-state index contributed by atoms with van der Waals surface area (Å²) in [6.45, 7) is 4.38. The van der Waals surface area contributed by atoms with Gasteiger partial charge in [0, 0.05) is 19.2 Å². The van der Waals surface area contributed by atoms with Gasteiger partial charge in [-0.2, -0.15) is 0 Å². The highest BCUT2D eigenvalue weighted by Gasteiger charge is 2.19. The zero-order chi connectivity index (χ0) is 11.3. The molecule has 0 unspecified atom stereocenters. The number of carbonyl (C=O) groups excluding carboxylic acids is 2. The lowest BCUT2D eigenvalue weighted by Crippen LogP contribution is -2.32. The van der Waals surface area contributed by atoms with E-state index in [-0.39, 0.29) is 18.3 Å². The molecule has 84 valence electrons. The second-order valence-electron chi connectivity index (χ2n) is 3.49. The zero-order valence-electron chi connectivity index (χ0n) is 9.28. The summed E-state index contributed by atoms with van der Waals surface area (Å²) in [6.07, 6.45) is 4.04. The van der Waals surface area contributed by atoms with Crippen LogP contribution < -0.4 is 0 Å². The molecule has 0 aromatic rings. The van der Waals surface area contributed by atoms with Crippen molar-refractivity contribution >= 4 is 11.9 Å². The third kappa shape index (κ3) is 3.38. The second-order valence-corrected chi connectivity index (χ2v) is 3.49. The van der Waals surface area contributed by atoms with E-state index in [4.69, 9.17) is 4.74 Å². The van der Waals surface area contributed by atoms with Gasteiger partial charge in [-0.25, -0.2) is 0 Å². The van der Waals surface area contributed by atoms with Crippen LogP contribution in [0.4, 0.5) is 0 Å². The highest BCUT2D eigenvalue weighted by molar-refractivity contribution is 5.79. The smallest absolute Gasteiger partial charge is 0.311 e. The van der Waals surface area contributed by atoms with Gasteiger partial charge in [0.05, 0.1) is 13.0 Å². The molecular weight excluding hydrogens is 194 g/mol. The molecule has 1 amide bonds. The largest absolute Gasteiger partial charge is 0.466 e. The maximum Gasteiger partial charge on any atom is 0.311 e. The standard InChI is InChI=1S/C11H17NO3/c1-3-15-11(14)8-10-6-4-5-7-12(10)9(2)13/h6H,3-5,7-8H2,1-2H3. The predicted octanol–water partition coefficient (Wildman–Crippen LogP) is 1.47. The Bertz CT molecular complexity index is 284. The lowest BCUT2D eigenvalue weighted by Gasteiger charge is -2.27. The molecule has 0 bridgehead atoms. The van der Waals surface area contributed by atoms with Crippen LogP contribution >= 0.6 is 0 Å². The van der Waals surface area contributed by atoms with E-state index in [9.17, 15) is 9.59 Å². The summed E-state index contributed by atoms with van der Waals surface area (Å²) in [5.74, 6) is -0.276. The molecule has 1 heterocycles. The predicted molar refractivity (Wildman–Crippen MR) is 56.0 cm³/mol. The minimum Gasteiger partial charge on any atom is -0.466 e. The quantitative estimate of drug-likeness (QED) is 0.664. The van der Waals surface area contributed by atoms with E-state index in [2.05, 4.69) is 0 Å². The van der Waals surface area contributed by atoms with E-state index in [1.165, 1.54) is 6.92 Å². The Hall–Kier alpha value is -1.32. The number of hydrogen-bond donors (Lipinski definition) is 0. The lowest BCUT2D eigenvalue weighted by molar-refractivity contribution is -0.142. The highest BCUT2D eigenvalue weighted by Crippen LogP contribution is 2.18. The topological polar surface area (TPSA) is 46.6 Å². The van der Waals surface area contributed by atoms with Crippen molar-refractivity contribution in [1.29, 1.82) is 0 Å². The Labute approximate surface area is 89.9 Å². The van der Waals surface area contributed by atoms with Crippen molar-refractivity contribution in [2.75, 3.05) is 13.2 Å². The van der Waals surface area contributed by atoms with Crippen LogP contribution in [0.3, 0.4) is 0 Å². The van der Waals surface area contributed by atoms with Crippen LogP contribution in [0, 0.1) is 0 Å². The minimum absolute atomic E-state index is 0.00903. The molecule has 0 atom stereocenters. The molecule has 0 radical (unpaired) electrons. The number of esters is 1. The van der Waals surface area contributed by atoms with Crippen molar-refractivity contribution in [2.24, 2.45) is 0 Å². The van der Waals surface area contributed by atoms with Gasteiger partial charge in [0.15, 0.2) is 0 Å². The number of hydrogen-bond acceptors (Lipinski definition) is 3. The van der Waals surface area contributed by atoms with Gasteiger partial charge in [0.1, 0.15) is 0 Å². The Morgan fingerprint density at radius 2 is 2.27 bits per heavy atom. The summed E-state index contributed by atoms with van der Waals surface area (Å²) in [4.78, 5) is 24.2. The summed E-state index contributed by atoms with van der Waals surface area (Å²) in [5.41, 5.74) is 0.784. The van der Waals surface area contributed by atoms with E-state index in [0.717, 1.165) is 18.5 Å². The van der Waals surface area contributed by atoms with Gasteiger partial charge >= 0.3 is 5.97 Å². The first-order valence-electron chi connectivity index (χ1n) is 5.28. The van der Waals surface area contributed by atoms with Crippen LogP contribution in [0.5, 0.6) is 0 Å². The van der Waals surface area contributed by atoms with Gasteiger partial charge in [-0.1, -0.05) is 6.08 Å². The average molecular weight is 211 g/mol. The van der Waals surface area contributed by atoms with Crippen molar-refractivity contribution in [3.05, 3.63) is 11.8 Å². The normalized spacial score (nSPS) is 15.9. The minimum atomic E-state index is -0.267. The van der Waals surface area contributed by atoms with Crippen LogP contribution in [0.25, 0.3) is 0 Å². The molecule has 0 N–H and O–H groups in total. The van der Waals surface area contributed by atoms with Crippen LogP contribution in [0.2, 0.25) is 0 Å². The monoisotopic (exact) mass is 211 g/mol. The summed E-state index contributed by atoms with van der Waals surface area (Å²) >= 11 is 0. The first-order chi connectivity index (χ1) is 7.15. The highest BCUT2D eigenvalue weighted by atomic mass is 16.5. The fourth-order valence-corrected chi connectivity index (χ4v) is 1.66. The lowest BCUT2D eigenvalue weighted by atomic mass is 10.1. The molecule has 0 fully saturated rings. The van der Waals surface area contributed by atoms with E-state index >= 15 is 0 Å². The van der Waals surface area contributed by atoms with Gasteiger partial charge in [0.2, 0.25) is 5.91 Å². The Morgan fingerprint density at radius 1 is 1.53 bits per heavy atom. The fourth-order valence-electron chi connectivity index (χ4n) is 1.66. The van der Waals surface area contributed by atoms with Crippen molar-refractivity contribution in [3.8, 4) is 0 Å². The van der Waals surface area contributed by atoms with Crippen molar-refractivity contribution in [1.82, 2.24) is 4.90 Å². The number of nitrogens with zero attached hydrogens (tertiary/aromatic N) is 1. The molecule has 0 saturated carbocycles. The number of amides is 1. The van der Waals surface area contributed by atoms with Gasteiger partial charge in [-0.15, -0.1) is 0 Å². The third-order valence-corrected chi connectivity index (χ3v) is 2.32. The van der Waals surface area contributed by atoms with E-state index < -0.39 is 0 Å². The maximum atomic E-state index is 11.3. The number of ether oxygens (including phenoxy) is 1. The zero-order valence-corrected chi connectivity index (χ0v) is 9.28. The molecule has 0 spiro atoms. The SMILES string of the molecule is CCOC(=O)CC1=CCCCN1C(C)=O. The number of rotatable bonds is 3. The molecule has 4 nitrogen and oxygen atoms in total. The first-order valence-corrected chi connectivity index (χ1v) is 5.28. The molecule has 0 aromatic carbocycles. The summed E-state index contributed by atoms with van der Waals surface area (Å²) in [5, 5.41) is 0. The van der Waals surface area contributed by atoms with Gasteiger partial charge in [-0.05, 0) is 19.8 Å². The molecular formula is C11H17NO3. The van der Waals surface area contributed by atoms with Crippen molar-refractivity contribution in [2.45, 2.75) is 33.1 Å². The molecule has 0 saturated heterocycles. The van der Waals surface area contributed by atoms with E-state index in [1.54, 1.807) is 11.8 Å². The van der Waals surface area contributed by atoms with E-state index in [1.807, 2.05) is 6.08 Å². The summed E-state index contributed by atoms with van der Waals surface area (Å²) in [7, 11) is 0. The molecule has 1 aliphatic rings.